The minimum absolute atomic E-state index is 0.130. The van der Waals surface area contributed by atoms with Gasteiger partial charge in [0.15, 0.2) is 0 Å². The van der Waals surface area contributed by atoms with Gasteiger partial charge in [0, 0.05) is 0 Å². The molecule has 0 aliphatic heterocycles. The van der Waals surface area contributed by atoms with E-state index in [4.69, 9.17) is 10.2 Å². The Bertz CT molecular complexity index is 676. The van der Waals surface area contributed by atoms with Gasteiger partial charge in [0.05, 0.1) is 23.3 Å². The lowest BCUT2D eigenvalue weighted by Gasteiger charge is -2.35. The fourth-order valence-corrected chi connectivity index (χ4v) is 2.52. The van der Waals surface area contributed by atoms with E-state index in [1.54, 1.807) is 60.7 Å². The van der Waals surface area contributed by atoms with Crippen LogP contribution in [0.25, 0.3) is 0 Å². The van der Waals surface area contributed by atoms with E-state index in [0.29, 0.717) is 17.5 Å². The molecule has 0 saturated heterocycles. The summed E-state index contributed by atoms with van der Waals surface area (Å²) in [7, 11) is 0. The van der Waals surface area contributed by atoms with Crippen molar-refractivity contribution in [3.8, 4) is 0 Å². The molecule has 2 aromatic carbocycles. The van der Waals surface area contributed by atoms with E-state index in [0.717, 1.165) is 12.8 Å². The standard InChI is InChI=1S/C10H22O2.2C7H6O2/c1-5-8(11)9(12)10(4,6-2)7-3;2*8-7(9)6-4-2-1-3-5-6/h8-9,11-12H,5-7H2,1-4H3;2*1-5H,(H,8,9). The zero-order valence-corrected chi connectivity index (χ0v) is 18.2. The third kappa shape index (κ3) is 9.67. The quantitative estimate of drug-likeness (QED) is 0.517. The molecule has 2 aromatic rings. The van der Waals surface area contributed by atoms with Gasteiger partial charge in [-0.15, -0.1) is 0 Å². The highest BCUT2D eigenvalue weighted by atomic mass is 16.4. The number of hydrogen-bond acceptors (Lipinski definition) is 4. The van der Waals surface area contributed by atoms with E-state index in [1.165, 1.54) is 0 Å². The molecule has 2 rings (SSSR count). The van der Waals surface area contributed by atoms with Gasteiger partial charge in [-0.3, -0.25) is 0 Å². The van der Waals surface area contributed by atoms with Crippen LogP contribution >= 0.6 is 0 Å². The van der Waals surface area contributed by atoms with E-state index in [1.807, 2.05) is 13.8 Å². The molecule has 0 amide bonds. The average Bonchev–Trinajstić information content (AvgIpc) is 2.79. The number of carboxylic acids is 2. The fraction of sp³-hybridized carbons (Fsp3) is 0.417. The molecular formula is C24H34O6. The van der Waals surface area contributed by atoms with Crippen LogP contribution in [0.1, 0.15) is 67.7 Å². The van der Waals surface area contributed by atoms with Crippen molar-refractivity contribution in [3.63, 3.8) is 0 Å². The third-order valence-electron chi connectivity index (χ3n) is 5.15. The highest BCUT2D eigenvalue weighted by Crippen LogP contribution is 2.32. The number of carbonyl (C=O) groups is 2. The van der Waals surface area contributed by atoms with E-state index < -0.39 is 24.1 Å². The smallest absolute Gasteiger partial charge is 0.335 e. The topological polar surface area (TPSA) is 115 Å². The van der Waals surface area contributed by atoms with E-state index in [2.05, 4.69) is 13.8 Å². The second kappa shape index (κ2) is 14.3. The molecule has 0 aliphatic rings. The number of hydrogen-bond donors (Lipinski definition) is 4. The van der Waals surface area contributed by atoms with Crippen molar-refractivity contribution in [3.05, 3.63) is 71.8 Å². The second-order valence-electron chi connectivity index (χ2n) is 7.12. The highest BCUT2D eigenvalue weighted by molar-refractivity contribution is 5.87. The lowest BCUT2D eigenvalue weighted by Crippen LogP contribution is -2.40. The molecule has 0 aromatic heterocycles. The molecule has 0 heterocycles. The average molecular weight is 419 g/mol. The fourth-order valence-electron chi connectivity index (χ4n) is 2.52. The number of carboxylic acid groups (broad SMARTS) is 2. The zero-order chi connectivity index (χ0) is 23.2. The maximum absolute atomic E-state index is 10.2. The summed E-state index contributed by atoms with van der Waals surface area (Å²) in [5, 5.41) is 36.0. The molecule has 2 unspecified atom stereocenters. The van der Waals surface area contributed by atoms with Gasteiger partial charge < -0.3 is 20.4 Å². The first kappa shape index (κ1) is 27.3. The number of benzene rings is 2. The summed E-state index contributed by atoms with van der Waals surface area (Å²) in [6, 6.07) is 16.6. The molecule has 30 heavy (non-hydrogen) atoms. The summed E-state index contributed by atoms with van der Waals surface area (Å²) >= 11 is 0. The molecular weight excluding hydrogens is 384 g/mol. The Morgan fingerprint density at radius 2 is 1.10 bits per heavy atom. The van der Waals surface area contributed by atoms with Crippen molar-refractivity contribution in [1.82, 2.24) is 0 Å². The van der Waals surface area contributed by atoms with Crippen LogP contribution in [0, 0.1) is 5.41 Å². The Kier molecular flexibility index (Phi) is 13.0. The molecule has 4 N–H and O–H groups in total. The van der Waals surface area contributed by atoms with Gasteiger partial charge in [-0.1, -0.05) is 64.1 Å². The van der Waals surface area contributed by atoms with Gasteiger partial charge in [-0.05, 0) is 48.9 Å². The van der Waals surface area contributed by atoms with Crippen molar-refractivity contribution in [2.75, 3.05) is 0 Å². The zero-order valence-electron chi connectivity index (χ0n) is 18.2. The van der Waals surface area contributed by atoms with Crippen LogP contribution in [-0.4, -0.2) is 44.6 Å². The summed E-state index contributed by atoms with van der Waals surface area (Å²) in [6.07, 6.45) is 1.27. The maximum Gasteiger partial charge on any atom is 0.335 e. The van der Waals surface area contributed by atoms with Crippen LogP contribution in [0.2, 0.25) is 0 Å². The molecule has 0 saturated carbocycles. The Labute approximate surface area is 178 Å². The highest BCUT2D eigenvalue weighted by Gasteiger charge is 2.33. The molecule has 6 nitrogen and oxygen atoms in total. The molecule has 0 bridgehead atoms. The monoisotopic (exact) mass is 418 g/mol. The first-order chi connectivity index (χ1) is 14.1. The minimum atomic E-state index is -0.879. The third-order valence-corrected chi connectivity index (χ3v) is 5.15. The second-order valence-corrected chi connectivity index (χ2v) is 7.12. The molecule has 0 radical (unpaired) electrons. The first-order valence-electron chi connectivity index (χ1n) is 10.1. The van der Waals surface area contributed by atoms with E-state index in [9.17, 15) is 19.8 Å². The summed E-state index contributed by atoms with van der Waals surface area (Å²) < 4.78 is 0. The van der Waals surface area contributed by atoms with Crippen molar-refractivity contribution >= 4 is 11.9 Å². The molecule has 0 aliphatic carbocycles. The molecule has 0 spiro atoms. The van der Waals surface area contributed by atoms with Crippen LogP contribution in [0.15, 0.2) is 60.7 Å². The van der Waals surface area contributed by atoms with Gasteiger partial charge in [0.1, 0.15) is 0 Å². The van der Waals surface area contributed by atoms with Crippen LogP contribution < -0.4 is 0 Å². The largest absolute Gasteiger partial charge is 0.478 e. The molecule has 6 heteroatoms. The Balaban J connectivity index is 0.000000426. The SMILES string of the molecule is CCC(O)C(O)C(C)(CC)CC.O=C(O)c1ccccc1.O=C(O)c1ccccc1. The summed E-state index contributed by atoms with van der Waals surface area (Å²) in [5.74, 6) is -1.76. The van der Waals surface area contributed by atoms with Crippen LogP contribution in [0.4, 0.5) is 0 Å². The van der Waals surface area contributed by atoms with Crippen LogP contribution in [0.5, 0.6) is 0 Å². The van der Waals surface area contributed by atoms with Gasteiger partial charge >= 0.3 is 11.9 Å². The van der Waals surface area contributed by atoms with E-state index >= 15 is 0 Å². The Morgan fingerprint density at radius 3 is 1.30 bits per heavy atom. The number of aromatic carboxylic acids is 2. The summed E-state index contributed by atoms with van der Waals surface area (Å²) in [6.45, 7) is 8.01. The van der Waals surface area contributed by atoms with Crippen LogP contribution in [0.3, 0.4) is 0 Å². The number of aliphatic hydroxyl groups excluding tert-OH is 2. The van der Waals surface area contributed by atoms with Crippen molar-refractivity contribution in [1.29, 1.82) is 0 Å². The van der Waals surface area contributed by atoms with Gasteiger partial charge in [0.2, 0.25) is 0 Å². The lowest BCUT2D eigenvalue weighted by atomic mass is 9.76. The minimum Gasteiger partial charge on any atom is -0.478 e. The van der Waals surface area contributed by atoms with Gasteiger partial charge in [-0.2, -0.15) is 0 Å². The lowest BCUT2D eigenvalue weighted by molar-refractivity contribution is -0.0629. The van der Waals surface area contributed by atoms with Crippen molar-refractivity contribution < 1.29 is 30.0 Å². The summed E-state index contributed by atoms with van der Waals surface area (Å²) in [4.78, 5) is 20.4. The number of aliphatic hydroxyl groups is 2. The summed E-state index contributed by atoms with van der Waals surface area (Å²) in [5.41, 5.74) is 0.533. The Hall–Kier alpha value is -2.70. The Morgan fingerprint density at radius 1 is 0.767 bits per heavy atom. The maximum atomic E-state index is 10.2. The molecule has 2 atom stereocenters. The number of rotatable bonds is 7. The molecule has 0 fully saturated rings. The van der Waals surface area contributed by atoms with E-state index in [-0.39, 0.29) is 5.41 Å². The van der Waals surface area contributed by atoms with Crippen molar-refractivity contribution in [2.24, 2.45) is 5.41 Å². The van der Waals surface area contributed by atoms with Gasteiger partial charge in [-0.25, -0.2) is 9.59 Å². The van der Waals surface area contributed by atoms with Crippen LogP contribution in [-0.2, 0) is 0 Å². The van der Waals surface area contributed by atoms with Crippen molar-refractivity contribution in [2.45, 2.75) is 59.2 Å². The first-order valence-corrected chi connectivity index (χ1v) is 10.1. The van der Waals surface area contributed by atoms with Gasteiger partial charge in [0.25, 0.3) is 0 Å². The predicted molar refractivity (Wildman–Crippen MR) is 118 cm³/mol. The molecule has 166 valence electrons. The normalized spacial score (nSPS) is 12.3. The predicted octanol–water partition coefficient (Wildman–Crippen LogP) is 4.71.